The standard InChI is InChI=1S/3C7H16N.6C6H14N.6C5H12N.3C4H10N.6Al/c3*1-4-5-6-8-7(2)3;3*1-4-5-7-6(2)3;3*1-4-6(3)7-5-2;3*1-4-5(2)6-3;3*1-4-6-5(2)3;3*1-4(2)5-3;;;;;;/h3*7H,4-6H2,1-3H3;6*6H,4-5H2,1-3H3;6*5H,4H2,1-3H3;3*4H,1-3H3;;;;;;/q18*-1;6*+3. The SMILES string of the molecule is CC(C)[N](C)[Al]([N](C)C(C)C)[N](C)C(C)C.CCC(C)[N](C)[Al]([N](C)C(C)CC)[N](C)C(C)CC.CCC(C)[N](CC)[Al]([N](CC)C(C)CC)[N](CC)C(C)CC.CCCC[N](C(C)C)[Al]([N](CCCC)C(C)C)[N](CCCC)C(C)C.CCC[N](C(C)C)[Al]([N](CCC)C(C)C)[N](CCC)C(C)C.CC[N](C(C)C)[Al]([N](CC)C(C)C)[N](CC)C(C)C. The molecule has 6 atom stereocenters. The van der Waals surface area contributed by atoms with Crippen LogP contribution in [0.5, 0.6) is 0 Å². The molecule has 0 fully saturated rings. The molecule has 0 aliphatic rings. The molecule has 738 valence electrons. The minimum atomic E-state index is -1.35. The number of hydrogen-bond acceptors (Lipinski definition) is 18. The highest BCUT2D eigenvalue weighted by Gasteiger charge is 2.49. The summed E-state index contributed by atoms with van der Waals surface area (Å²) in [6.07, 6.45) is 19.0. The third-order valence-electron chi connectivity index (χ3n) is 27.4. The van der Waals surface area contributed by atoms with Crippen molar-refractivity contribution in [2.75, 3.05) is 121 Å². The number of rotatable bonds is 63. The first-order valence-electron chi connectivity index (χ1n) is 52.8. The highest BCUT2D eigenvalue weighted by molar-refractivity contribution is 6.52. The Balaban J connectivity index is -0.000000336. The van der Waals surface area contributed by atoms with Gasteiger partial charge in [0.25, 0.3) is 0 Å². The molecule has 0 aromatic heterocycles. The summed E-state index contributed by atoms with van der Waals surface area (Å²) in [5, 5.41) is 0. The lowest BCUT2D eigenvalue weighted by atomic mass is 10.2. The second kappa shape index (κ2) is 78.5. The van der Waals surface area contributed by atoms with Crippen LogP contribution in [0.1, 0.15) is 429 Å². The van der Waals surface area contributed by atoms with Gasteiger partial charge in [-0.1, -0.05) is 352 Å². The van der Waals surface area contributed by atoms with Crippen LogP contribution in [0.3, 0.4) is 0 Å². The van der Waals surface area contributed by atoms with Crippen LogP contribution in [0.4, 0.5) is 0 Å². The summed E-state index contributed by atoms with van der Waals surface area (Å²) in [6, 6.07) is 11.5. The molecule has 0 saturated heterocycles. The quantitative estimate of drug-likeness (QED) is 0.0543. The maximum Gasteiger partial charge on any atom is 0.609 e. The summed E-state index contributed by atoms with van der Waals surface area (Å²) in [5.74, 6) is 0. The fraction of sp³-hybridized carbons (Fsp3) is 1.00. The van der Waals surface area contributed by atoms with Gasteiger partial charge in [0.2, 0.25) is 0 Å². The third-order valence-corrected chi connectivity index (χ3v) is 52.9. The molecule has 0 rings (SSSR count). The van der Waals surface area contributed by atoms with E-state index >= 15 is 0 Å². The first-order valence-corrected chi connectivity index (χ1v) is 62.1. The molecule has 24 heteroatoms. The largest absolute Gasteiger partial charge is 0.609 e. The van der Waals surface area contributed by atoms with Crippen LogP contribution in [0, 0.1) is 0 Å². The van der Waals surface area contributed by atoms with Crippen molar-refractivity contribution in [1.29, 1.82) is 0 Å². The van der Waals surface area contributed by atoms with Gasteiger partial charge in [0, 0.05) is 0 Å². The molecular weight excluding hydrogens is 1600 g/mol. The molecule has 0 bridgehead atoms. The average molecular weight is 1840 g/mol. The van der Waals surface area contributed by atoms with Gasteiger partial charge < -0.3 is 69.9 Å². The lowest BCUT2D eigenvalue weighted by molar-refractivity contribution is 0.195. The van der Waals surface area contributed by atoms with Gasteiger partial charge in [0.15, 0.2) is 0 Å². The number of unbranched alkanes of at least 4 members (excludes halogenated alkanes) is 3. The molecular formula is C99H234Al6N18. The summed E-state index contributed by atoms with van der Waals surface area (Å²) in [5.41, 5.74) is 0. The van der Waals surface area contributed by atoms with Crippen LogP contribution in [-0.4, -0.2) is 388 Å². The minimum absolute atomic E-state index is 0.610. The van der Waals surface area contributed by atoms with E-state index in [2.05, 4.69) is 445 Å². The zero-order valence-electron chi connectivity index (χ0n) is 95.0. The van der Waals surface area contributed by atoms with Gasteiger partial charge in [0.1, 0.15) is 0 Å². The lowest BCUT2D eigenvalue weighted by Gasteiger charge is -2.47. The van der Waals surface area contributed by atoms with E-state index in [0.717, 1.165) is 19.6 Å². The molecule has 0 heterocycles. The van der Waals surface area contributed by atoms with Crippen LogP contribution < -0.4 is 0 Å². The minimum Gasteiger partial charge on any atom is -0.357 e. The Kier molecular flexibility index (Phi) is 86.9. The van der Waals surface area contributed by atoms with Gasteiger partial charge in [0.05, 0.1) is 0 Å². The molecule has 123 heavy (non-hydrogen) atoms. The summed E-state index contributed by atoms with van der Waals surface area (Å²) < 4.78 is 49.6. The normalized spacial score (nSPS) is 14.0. The first-order chi connectivity index (χ1) is 57.4. The van der Waals surface area contributed by atoms with Crippen molar-refractivity contribution >= 4 is 88.9 Å². The fourth-order valence-corrected chi connectivity index (χ4v) is 40.3. The fourth-order valence-electron chi connectivity index (χ4n) is 17.2. The number of nitrogens with zero attached hydrogens (tertiary/aromatic N) is 18. The van der Waals surface area contributed by atoms with E-state index in [1.165, 1.54) is 155 Å². The maximum absolute atomic E-state index is 2.90. The predicted molar refractivity (Wildman–Crippen MR) is 571 cm³/mol. The second-order valence-electron chi connectivity index (χ2n) is 40.2. The first kappa shape index (κ1) is 136. The van der Waals surface area contributed by atoms with Crippen molar-refractivity contribution in [2.45, 2.75) is 537 Å². The van der Waals surface area contributed by atoms with Crippen molar-refractivity contribution in [3.05, 3.63) is 0 Å². The monoisotopic (exact) mass is 1840 g/mol. The Morgan fingerprint density at radius 3 is 0.423 bits per heavy atom. The van der Waals surface area contributed by atoms with Crippen LogP contribution >= 0.6 is 0 Å². The Morgan fingerprint density at radius 2 is 0.293 bits per heavy atom. The van der Waals surface area contributed by atoms with Crippen molar-refractivity contribution in [3.63, 3.8) is 0 Å². The second-order valence-corrected chi connectivity index (χ2v) is 57.2. The maximum atomic E-state index is 2.90. The van der Waals surface area contributed by atoms with Crippen LogP contribution in [0.15, 0.2) is 0 Å². The highest BCUT2D eigenvalue weighted by Crippen LogP contribution is 2.26. The van der Waals surface area contributed by atoms with Gasteiger partial charge in [-0.2, -0.15) is 0 Å². The summed E-state index contributed by atoms with van der Waals surface area (Å²) >= 11 is -7.64. The van der Waals surface area contributed by atoms with Crippen LogP contribution in [-0.2, 0) is 0 Å². The molecule has 0 aliphatic carbocycles. The summed E-state index contributed by atoms with van der Waals surface area (Å²) in [6.45, 7) is 127. The van der Waals surface area contributed by atoms with Crippen LogP contribution in [0.25, 0.3) is 0 Å². The van der Waals surface area contributed by atoms with Crippen LogP contribution in [0.2, 0.25) is 0 Å². The van der Waals surface area contributed by atoms with Crippen molar-refractivity contribution in [1.82, 2.24) is 69.9 Å². The van der Waals surface area contributed by atoms with E-state index in [1.54, 1.807) is 0 Å². The molecule has 0 saturated carbocycles. The van der Waals surface area contributed by atoms with E-state index in [0.29, 0.717) is 109 Å². The lowest BCUT2D eigenvalue weighted by Crippen LogP contribution is -2.68. The summed E-state index contributed by atoms with van der Waals surface area (Å²) in [7, 11) is 13.8. The van der Waals surface area contributed by atoms with E-state index in [9.17, 15) is 0 Å². The average Bonchev–Trinajstić information content (AvgIpc) is 0.813. The van der Waals surface area contributed by atoms with E-state index in [1.807, 2.05) is 0 Å². The zero-order chi connectivity index (χ0) is 97.3. The molecule has 0 N–H and O–H groups in total. The predicted octanol–water partition coefficient (Wildman–Crippen LogP) is 22.5. The smallest absolute Gasteiger partial charge is 0.357 e. The number of hydrogen-bond donors (Lipinski definition) is 0. The Labute approximate surface area is 810 Å². The van der Waals surface area contributed by atoms with E-state index in [-0.39, 0.29) is 0 Å². The molecule has 0 radical (unpaired) electrons. The molecule has 0 aromatic carbocycles. The van der Waals surface area contributed by atoms with Crippen molar-refractivity contribution in [2.24, 2.45) is 0 Å². The Hall–Kier alpha value is 2.47. The Bertz CT molecular complexity index is 2060. The van der Waals surface area contributed by atoms with Crippen molar-refractivity contribution in [3.8, 4) is 0 Å². The third kappa shape index (κ3) is 50.9. The zero-order valence-corrected chi connectivity index (χ0v) is 102. The molecule has 0 amide bonds. The molecule has 0 aliphatic heterocycles. The van der Waals surface area contributed by atoms with Gasteiger partial charge in [-0.3, -0.25) is 0 Å². The molecule has 0 aromatic rings. The van der Waals surface area contributed by atoms with Crippen molar-refractivity contribution < 1.29 is 0 Å². The van der Waals surface area contributed by atoms with E-state index < -0.39 is 88.9 Å². The Morgan fingerprint density at radius 1 is 0.146 bits per heavy atom. The van der Waals surface area contributed by atoms with Gasteiger partial charge in [-0.05, 0) is 307 Å². The molecule has 18 nitrogen and oxygen atoms in total. The van der Waals surface area contributed by atoms with Gasteiger partial charge in [-0.15, -0.1) is 0 Å². The molecule has 6 unspecified atom stereocenters. The molecule has 0 spiro atoms. The summed E-state index contributed by atoms with van der Waals surface area (Å²) in [4.78, 5) is 0. The van der Waals surface area contributed by atoms with E-state index in [4.69, 9.17) is 0 Å². The van der Waals surface area contributed by atoms with Gasteiger partial charge >= 0.3 is 88.9 Å². The topological polar surface area (TPSA) is 58.3 Å². The van der Waals surface area contributed by atoms with Gasteiger partial charge in [-0.25, -0.2) is 0 Å². The highest BCUT2D eigenvalue weighted by atomic mass is 27.2.